The first kappa shape index (κ1) is 40.1. The number of ether oxygens (including phenoxy) is 1. The van der Waals surface area contributed by atoms with Crippen molar-refractivity contribution in [3.8, 4) is 11.5 Å². The van der Waals surface area contributed by atoms with E-state index in [1.807, 2.05) is 0 Å². The van der Waals surface area contributed by atoms with E-state index in [0.717, 1.165) is 24.3 Å². The van der Waals surface area contributed by atoms with Crippen LogP contribution in [0.15, 0.2) is 79.0 Å². The standard InChI is InChI=1S/C24H22F3N5O4.C10H11F3N2O/c1-14(33)30-13-15-3-4-16(24(25,26)27)11-20(15)32-23(35)31-17-5-7-18(8-6-17)36-19-9-10-29-21(12-19)22(34)28-2;1-6(16)15-5-7-2-3-8(4-9(7)14)10(11,12)13/h3-12H,13H2,1-2H3,(H,28,34)(H,30,33)(H2,31,32,35);2-4H,5,14H2,1H3,(H,15,16). The molecule has 7 N–H and O–H groups in total. The van der Waals surface area contributed by atoms with Gasteiger partial charge in [0.1, 0.15) is 17.2 Å². The van der Waals surface area contributed by atoms with Crippen LogP contribution in [-0.4, -0.2) is 35.8 Å². The van der Waals surface area contributed by atoms with Crippen LogP contribution in [0.1, 0.15) is 46.6 Å². The van der Waals surface area contributed by atoms with Gasteiger partial charge in [0.2, 0.25) is 11.8 Å². The van der Waals surface area contributed by atoms with Crippen molar-refractivity contribution in [3.63, 3.8) is 0 Å². The highest BCUT2D eigenvalue weighted by Gasteiger charge is 2.32. The van der Waals surface area contributed by atoms with E-state index in [9.17, 15) is 45.5 Å². The number of nitrogens with one attached hydrogen (secondary N) is 5. The molecule has 0 aliphatic rings. The number of urea groups is 1. The molecular formula is C34H33F6N7O5. The average molecular weight is 734 g/mol. The van der Waals surface area contributed by atoms with Gasteiger partial charge in [0.15, 0.2) is 0 Å². The second-order valence-electron chi connectivity index (χ2n) is 10.8. The monoisotopic (exact) mass is 733 g/mol. The Labute approximate surface area is 293 Å². The maximum atomic E-state index is 13.1. The lowest BCUT2D eigenvalue weighted by Crippen LogP contribution is -2.23. The fourth-order valence-corrected chi connectivity index (χ4v) is 4.15. The second-order valence-corrected chi connectivity index (χ2v) is 10.8. The fraction of sp³-hybridized carbons (Fsp3) is 0.206. The SMILES string of the molecule is CC(=O)NCc1ccc(C(F)(F)F)cc1N.CNC(=O)c1cc(Oc2ccc(NC(=O)Nc3cc(C(F)(F)F)ccc3CNC(C)=O)cc2)ccn1. The van der Waals surface area contributed by atoms with Crippen molar-refractivity contribution < 1.29 is 50.3 Å². The van der Waals surface area contributed by atoms with E-state index in [0.29, 0.717) is 28.3 Å². The summed E-state index contributed by atoms with van der Waals surface area (Å²) in [5.74, 6) is -0.223. The van der Waals surface area contributed by atoms with Crippen LogP contribution in [0.2, 0.25) is 0 Å². The van der Waals surface area contributed by atoms with Gasteiger partial charge in [-0.15, -0.1) is 0 Å². The zero-order valence-corrected chi connectivity index (χ0v) is 27.8. The molecule has 4 rings (SSSR count). The van der Waals surface area contributed by atoms with Crippen molar-refractivity contribution in [1.29, 1.82) is 0 Å². The molecule has 0 aliphatic heterocycles. The van der Waals surface area contributed by atoms with Crippen molar-refractivity contribution >= 4 is 40.8 Å². The Morgan fingerprint density at radius 2 is 1.27 bits per heavy atom. The lowest BCUT2D eigenvalue weighted by atomic mass is 10.1. The van der Waals surface area contributed by atoms with E-state index in [-0.39, 0.29) is 47.9 Å². The van der Waals surface area contributed by atoms with E-state index >= 15 is 0 Å². The summed E-state index contributed by atoms with van der Waals surface area (Å²) < 4.78 is 82.0. The molecule has 0 saturated heterocycles. The van der Waals surface area contributed by atoms with Gasteiger partial charge >= 0.3 is 18.4 Å². The van der Waals surface area contributed by atoms with Crippen molar-refractivity contribution in [3.05, 3.63) is 107 Å². The summed E-state index contributed by atoms with van der Waals surface area (Å²) in [6, 6.07) is 14.3. The highest BCUT2D eigenvalue weighted by molar-refractivity contribution is 6.00. The minimum Gasteiger partial charge on any atom is -0.457 e. The first-order valence-electron chi connectivity index (χ1n) is 15.0. The number of alkyl halides is 6. The molecule has 3 aromatic carbocycles. The summed E-state index contributed by atoms with van der Waals surface area (Å²) in [6.07, 6.45) is -7.58. The van der Waals surface area contributed by atoms with E-state index in [1.54, 1.807) is 18.2 Å². The van der Waals surface area contributed by atoms with Gasteiger partial charge in [0, 0.05) is 63.3 Å². The Morgan fingerprint density at radius 3 is 1.81 bits per heavy atom. The van der Waals surface area contributed by atoms with Crippen LogP contribution in [0.5, 0.6) is 11.5 Å². The van der Waals surface area contributed by atoms with Gasteiger partial charge in [-0.3, -0.25) is 19.4 Å². The van der Waals surface area contributed by atoms with Gasteiger partial charge < -0.3 is 37.1 Å². The van der Waals surface area contributed by atoms with Crippen molar-refractivity contribution in [2.75, 3.05) is 23.4 Å². The molecule has 0 spiro atoms. The van der Waals surface area contributed by atoms with Gasteiger partial charge in [-0.25, -0.2) is 4.79 Å². The lowest BCUT2D eigenvalue weighted by Gasteiger charge is -2.15. The molecule has 1 aromatic heterocycles. The number of hydrogen-bond donors (Lipinski definition) is 6. The number of carbonyl (C=O) groups excluding carboxylic acids is 4. The minimum atomic E-state index is -4.61. The number of rotatable bonds is 9. The van der Waals surface area contributed by atoms with Crippen LogP contribution < -0.4 is 37.1 Å². The molecule has 0 saturated carbocycles. The Bertz CT molecular complexity index is 1900. The molecule has 0 atom stereocenters. The van der Waals surface area contributed by atoms with E-state index in [4.69, 9.17) is 10.5 Å². The molecule has 0 aliphatic carbocycles. The number of pyridine rings is 1. The number of nitrogens with two attached hydrogens (primary N) is 1. The lowest BCUT2D eigenvalue weighted by molar-refractivity contribution is -0.138. The van der Waals surface area contributed by atoms with Gasteiger partial charge in [-0.2, -0.15) is 26.3 Å². The number of anilines is 3. The number of benzene rings is 3. The van der Waals surface area contributed by atoms with Crippen LogP contribution >= 0.6 is 0 Å². The second kappa shape index (κ2) is 17.6. The average Bonchev–Trinajstić information content (AvgIpc) is 3.07. The van der Waals surface area contributed by atoms with Crippen LogP contribution in [-0.2, 0) is 35.0 Å². The summed E-state index contributed by atoms with van der Waals surface area (Å²) in [7, 11) is 1.48. The van der Waals surface area contributed by atoms with E-state index in [1.165, 1.54) is 57.4 Å². The minimum absolute atomic E-state index is 0.0172. The maximum Gasteiger partial charge on any atom is 0.416 e. The van der Waals surface area contributed by atoms with E-state index in [2.05, 4.69) is 31.6 Å². The third-order valence-corrected chi connectivity index (χ3v) is 6.75. The normalized spacial score (nSPS) is 10.9. The Balaban J connectivity index is 0.000000381. The maximum absolute atomic E-state index is 13.1. The van der Waals surface area contributed by atoms with Gasteiger partial charge in [0.05, 0.1) is 11.1 Å². The first-order valence-corrected chi connectivity index (χ1v) is 15.0. The number of aromatic nitrogens is 1. The molecule has 1 heterocycles. The van der Waals surface area contributed by atoms with Gasteiger partial charge in [0.25, 0.3) is 5.91 Å². The molecular weight excluding hydrogens is 700 g/mol. The predicted molar refractivity (Wildman–Crippen MR) is 179 cm³/mol. The topological polar surface area (TPSA) is 177 Å². The Morgan fingerprint density at radius 1 is 0.712 bits per heavy atom. The van der Waals surface area contributed by atoms with Gasteiger partial charge in [-0.1, -0.05) is 12.1 Å². The molecule has 0 unspecified atom stereocenters. The summed E-state index contributed by atoms with van der Waals surface area (Å²) in [6.45, 7) is 2.65. The molecule has 4 aromatic rings. The molecule has 52 heavy (non-hydrogen) atoms. The Hall–Kier alpha value is -6.33. The van der Waals surface area contributed by atoms with Crippen LogP contribution in [0.4, 0.5) is 48.2 Å². The number of amides is 5. The number of hydrogen-bond acceptors (Lipinski definition) is 7. The summed E-state index contributed by atoms with van der Waals surface area (Å²) in [4.78, 5) is 49.9. The predicted octanol–water partition coefficient (Wildman–Crippen LogP) is 6.46. The smallest absolute Gasteiger partial charge is 0.416 e. The van der Waals surface area contributed by atoms with Crippen LogP contribution in [0.3, 0.4) is 0 Å². The van der Waals surface area contributed by atoms with E-state index < -0.39 is 29.5 Å². The van der Waals surface area contributed by atoms with Crippen molar-refractivity contribution in [2.45, 2.75) is 39.3 Å². The number of halogens is 6. The first-order chi connectivity index (χ1) is 24.3. The zero-order valence-electron chi connectivity index (χ0n) is 27.8. The quantitative estimate of drug-likeness (QED) is 0.0846. The fourth-order valence-electron chi connectivity index (χ4n) is 4.15. The van der Waals surface area contributed by atoms with Crippen molar-refractivity contribution in [2.24, 2.45) is 0 Å². The highest BCUT2D eigenvalue weighted by atomic mass is 19.4. The molecule has 0 fully saturated rings. The van der Waals surface area contributed by atoms with Gasteiger partial charge in [-0.05, 0) is 65.7 Å². The molecule has 18 heteroatoms. The van der Waals surface area contributed by atoms with Crippen LogP contribution in [0, 0.1) is 0 Å². The molecule has 12 nitrogen and oxygen atoms in total. The largest absolute Gasteiger partial charge is 0.457 e. The third kappa shape index (κ3) is 12.5. The number of nitrogen functional groups attached to an aromatic ring is 1. The Kier molecular flexibility index (Phi) is 13.5. The summed E-state index contributed by atoms with van der Waals surface area (Å²) in [5.41, 5.74) is 4.92. The molecule has 0 radical (unpaired) electrons. The third-order valence-electron chi connectivity index (χ3n) is 6.75. The molecule has 5 amide bonds. The molecule has 276 valence electrons. The molecule has 0 bridgehead atoms. The zero-order chi connectivity index (χ0) is 38.6. The summed E-state index contributed by atoms with van der Waals surface area (Å²) >= 11 is 0. The number of nitrogens with zero attached hydrogens (tertiary/aromatic N) is 1. The number of carbonyl (C=O) groups is 4. The summed E-state index contributed by atoms with van der Waals surface area (Å²) in [5, 5.41) is 12.3. The van der Waals surface area contributed by atoms with Crippen LogP contribution in [0.25, 0.3) is 0 Å². The van der Waals surface area contributed by atoms with Crippen molar-refractivity contribution in [1.82, 2.24) is 20.9 Å². The highest BCUT2D eigenvalue weighted by Crippen LogP contribution is 2.33.